The first-order valence-corrected chi connectivity index (χ1v) is 11.0. The highest BCUT2D eigenvalue weighted by molar-refractivity contribution is 6.05. The molecule has 1 N–H and O–H groups in total. The van der Waals surface area contributed by atoms with Gasteiger partial charge in [0.15, 0.2) is 5.78 Å². The summed E-state index contributed by atoms with van der Waals surface area (Å²) < 4.78 is 0. The van der Waals surface area contributed by atoms with Gasteiger partial charge in [-0.15, -0.1) is 0 Å². The Morgan fingerprint density at radius 2 is 1.61 bits per heavy atom. The Morgan fingerprint density at radius 3 is 2.39 bits per heavy atom. The molecule has 4 nitrogen and oxygen atoms in total. The quantitative estimate of drug-likeness (QED) is 0.206. The van der Waals surface area contributed by atoms with Gasteiger partial charge in [0.05, 0.1) is 0 Å². The number of nitrogens with one attached hydrogen (secondary N) is 1. The number of hydrogen-bond donors (Lipinski definition) is 1. The molecule has 0 unspecified atom stereocenters. The van der Waals surface area contributed by atoms with Crippen LogP contribution in [0, 0.1) is 0 Å². The molecule has 0 aliphatic rings. The highest BCUT2D eigenvalue weighted by Crippen LogP contribution is 2.17. The van der Waals surface area contributed by atoms with Crippen molar-refractivity contribution in [2.75, 3.05) is 0 Å². The van der Waals surface area contributed by atoms with Gasteiger partial charge in [-0.25, -0.2) is 0 Å². The van der Waals surface area contributed by atoms with Gasteiger partial charge in [0.25, 0.3) is 0 Å². The lowest BCUT2D eigenvalue weighted by Gasteiger charge is -2.02. The van der Waals surface area contributed by atoms with Crippen LogP contribution in [0.2, 0.25) is 0 Å². The standard InChI is InChI=1S/C24H35N3O/c1-2-3-4-5-6-7-8-9-10-11-12-13-14-15-16-20-23(28)21-18-17-19-22-24(21)26-27-25-22/h6-7,9-10,17-19H,2-5,8,11-16,20H2,1H3,(H,25,26,27)/b7-6-,10-9-. The number of aromatic amines is 1. The number of H-pyrrole nitrogens is 1. The average Bonchev–Trinajstić information content (AvgIpc) is 3.19. The molecule has 0 aliphatic heterocycles. The van der Waals surface area contributed by atoms with Gasteiger partial charge in [-0.1, -0.05) is 69.4 Å². The van der Waals surface area contributed by atoms with E-state index in [1.807, 2.05) is 18.2 Å². The van der Waals surface area contributed by atoms with Crippen molar-refractivity contribution in [1.29, 1.82) is 0 Å². The van der Waals surface area contributed by atoms with Gasteiger partial charge >= 0.3 is 0 Å². The lowest BCUT2D eigenvalue weighted by Crippen LogP contribution is -2.00. The summed E-state index contributed by atoms with van der Waals surface area (Å²) in [4.78, 5) is 12.4. The minimum absolute atomic E-state index is 0.171. The van der Waals surface area contributed by atoms with Crippen molar-refractivity contribution in [2.45, 2.75) is 84.0 Å². The Hall–Kier alpha value is -2.23. The summed E-state index contributed by atoms with van der Waals surface area (Å²) in [6.45, 7) is 2.24. The fourth-order valence-electron chi connectivity index (χ4n) is 3.32. The van der Waals surface area contributed by atoms with Gasteiger partial charge in [0.2, 0.25) is 0 Å². The van der Waals surface area contributed by atoms with Gasteiger partial charge in [0.1, 0.15) is 11.0 Å². The van der Waals surface area contributed by atoms with E-state index in [-0.39, 0.29) is 5.78 Å². The Bertz CT molecular complexity index is 745. The molecule has 0 atom stereocenters. The molecule has 0 aliphatic carbocycles. The van der Waals surface area contributed by atoms with Gasteiger partial charge in [0, 0.05) is 12.0 Å². The Labute approximate surface area is 169 Å². The number of carbonyl (C=O) groups excluding carboxylic acids is 1. The number of allylic oxidation sites excluding steroid dienone is 4. The van der Waals surface area contributed by atoms with Crippen molar-refractivity contribution in [1.82, 2.24) is 15.4 Å². The normalized spacial score (nSPS) is 11.9. The first-order valence-electron chi connectivity index (χ1n) is 11.0. The lowest BCUT2D eigenvalue weighted by molar-refractivity contribution is 0.0980. The first-order chi connectivity index (χ1) is 13.8. The van der Waals surface area contributed by atoms with Crippen molar-refractivity contribution in [2.24, 2.45) is 0 Å². The largest absolute Gasteiger partial charge is 0.294 e. The number of Topliss-reactive ketones (excluding diaryl/α,β-unsaturated/α-hetero) is 1. The summed E-state index contributed by atoms with van der Waals surface area (Å²) in [5.41, 5.74) is 2.14. The molecular formula is C24H35N3O. The van der Waals surface area contributed by atoms with Crippen molar-refractivity contribution in [3.05, 3.63) is 48.1 Å². The Morgan fingerprint density at radius 1 is 0.893 bits per heavy atom. The Kier molecular flexibility index (Phi) is 10.9. The number of aromatic nitrogens is 3. The van der Waals surface area contributed by atoms with Crippen LogP contribution in [0.3, 0.4) is 0 Å². The van der Waals surface area contributed by atoms with Crippen LogP contribution in [-0.4, -0.2) is 21.2 Å². The van der Waals surface area contributed by atoms with Crippen LogP contribution in [0.15, 0.2) is 42.5 Å². The molecule has 0 radical (unpaired) electrons. The molecule has 0 saturated carbocycles. The van der Waals surface area contributed by atoms with Gasteiger partial charge in [-0.05, 0) is 50.7 Å². The molecule has 4 heteroatoms. The zero-order chi connectivity index (χ0) is 19.9. The summed E-state index contributed by atoms with van der Waals surface area (Å²) in [6, 6.07) is 5.59. The average molecular weight is 382 g/mol. The van der Waals surface area contributed by atoms with Crippen molar-refractivity contribution in [3.8, 4) is 0 Å². The fourth-order valence-corrected chi connectivity index (χ4v) is 3.32. The van der Waals surface area contributed by atoms with Crippen LogP contribution < -0.4 is 0 Å². The van der Waals surface area contributed by atoms with Crippen molar-refractivity contribution in [3.63, 3.8) is 0 Å². The maximum absolute atomic E-state index is 12.4. The number of ketones is 1. The van der Waals surface area contributed by atoms with Gasteiger partial charge in [-0.3, -0.25) is 4.79 Å². The van der Waals surface area contributed by atoms with E-state index in [1.165, 1.54) is 44.9 Å². The molecule has 28 heavy (non-hydrogen) atoms. The van der Waals surface area contributed by atoms with Crippen molar-refractivity contribution < 1.29 is 4.79 Å². The van der Waals surface area contributed by atoms with Crippen LogP contribution in [0.1, 0.15) is 94.3 Å². The summed E-state index contributed by atoms with van der Waals surface area (Å²) in [7, 11) is 0. The van der Waals surface area contributed by atoms with Gasteiger partial charge < -0.3 is 0 Å². The van der Waals surface area contributed by atoms with E-state index in [4.69, 9.17) is 0 Å². The third kappa shape index (κ3) is 8.20. The minimum Gasteiger partial charge on any atom is -0.294 e. The van der Waals surface area contributed by atoms with Crippen LogP contribution >= 0.6 is 0 Å². The monoisotopic (exact) mass is 381 g/mol. The second-order valence-electron chi connectivity index (χ2n) is 7.40. The van der Waals surface area contributed by atoms with Crippen LogP contribution in [-0.2, 0) is 0 Å². The van der Waals surface area contributed by atoms with E-state index in [9.17, 15) is 4.79 Å². The van der Waals surface area contributed by atoms with Crippen LogP contribution in [0.5, 0.6) is 0 Å². The number of carbonyl (C=O) groups is 1. The highest BCUT2D eigenvalue weighted by Gasteiger charge is 2.11. The number of unbranched alkanes of at least 4 members (excludes halogenated alkanes) is 8. The van der Waals surface area contributed by atoms with Crippen molar-refractivity contribution >= 4 is 16.8 Å². The smallest absolute Gasteiger partial charge is 0.165 e. The fraction of sp³-hybridized carbons (Fsp3) is 0.542. The van der Waals surface area contributed by atoms with E-state index >= 15 is 0 Å². The maximum atomic E-state index is 12.4. The number of nitrogens with zero attached hydrogens (tertiary/aromatic N) is 2. The number of hydrogen-bond acceptors (Lipinski definition) is 3. The second kappa shape index (κ2) is 13.9. The number of rotatable bonds is 15. The molecule has 1 heterocycles. The third-order valence-corrected chi connectivity index (χ3v) is 5.00. The zero-order valence-corrected chi connectivity index (χ0v) is 17.3. The van der Waals surface area contributed by atoms with Crippen LogP contribution in [0.4, 0.5) is 0 Å². The SMILES string of the molecule is CCCCC/C=C\C/C=C\CCCCCCCC(=O)c1cccc2n[nH]nc12. The molecule has 0 spiro atoms. The summed E-state index contributed by atoms with van der Waals surface area (Å²) in [6.07, 6.45) is 22.9. The predicted octanol–water partition coefficient (Wildman–Crippen LogP) is 6.95. The number of para-hydroxylation sites is 1. The molecule has 2 rings (SSSR count). The molecule has 2 aromatic rings. The summed E-state index contributed by atoms with van der Waals surface area (Å²) in [5, 5.41) is 10.7. The van der Waals surface area contributed by atoms with Gasteiger partial charge in [-0.2, -0.15) is 15.4 Å². The number of benzene rings is 1. The van der Waals surface area contributed by atoms with E-state index in [2.05, 4.69) is 46.6 Å². The van der Waals surface area contributed by atoms with E-state index in [0.29, 0.717) is 17.5 Å². The molecule has 0 saturated heterocycles. The zero-order valence-electron chi connectivity index (χ0n) is 17.3. The molecule has 152 valence electrons. The second-order valence-corrected chi connectivity index (χ2v) is 7.40. The topological polar surface area (TPSA) is 58.6 Å². The lowest BCUT2D eigenvalue weighted by atomic mass is 10.0. The number of fused-ring (bicyclic) bond motifs is 1. The summed E-state index contributed by atoms with van der Waals surface area (Å²) in [5.74, 6) is 0.171. The highest BCUT2D eigenvalue weighted by atomic mass is 16.1. The molecule has 1 aromatic carbocycles. The molecule has 0 fully saturated rings. The maximum Gasteiger partial charge on any atom is 0.165 e. The molecule has 0 bridgehead atoms. The minimum atomic E-state index is 0.171. The Balaban J connectivity index is 1.47. The molecule has 0 amide bonds. The van der Waals surface area contributed by atoms with E-state index in [0.717, 1.165) is 31.2 Å². The van der Waals surface area contributed by atoms with E-state index in [1.54, 1.807) is 0 Å². The molecule has 1 aromatic heterocycles. The van der Waals surface area contributed by atoms with Crippen LogP contribution in [0.25, 0.3) is 11.0 Å². The van der Waals surface area contributed by atoms with E-state index < -0.39 is 0 Å². The first kappa shape index (κ1) is 22.1. The third-order valence-electron chi connectivity index (χ3n) is 5.00. The molecular weight excluding hydrogens is 346 g/mol. The predicted molar refractivity (Wildman–Crippen MR) is 118 cm³/mol. The summed E-state index contributed by atoms with van der Waals surface area (Å²) >= 11 is 0.